The van der Waals surface area contributed by atoms with Crippen molar-refractivity contribution in [1.82, 2.24) is 19.9 Å². The van der Waals surface area contributed by atoms with Crippen molar-refractivity contribution >= 4 is 11.6 Å². The monoisotopic (exact) mass is 247 g/mol. The highest BCUT2D eigenvalue weighted by molar-refractivity contribution is 5.81. The van der Waals surface area contributed by atoms with E-state index in [-0.39, 0.29) is 11.9 Å². The molecule has 18 heavy (non-hydrogen) atoms. The van der Waals surface area contributed by atoms with Crippen LogP contribution >= 0.6 is 0 Å². The van der Waals surface area contributed by atoms with Gasteiger partial charge in [0.15, 0.2) is 11.5 Å². The molecule has 0 aliphatic rings. The normalized spacial score (nSPS) is 14.4. The predicted molar refractivity (Wildman–Crippen MR) is 67.8 cm³/mol. The molecule has 6 nitrogen and oxygen atoms in total. The molecule has 0 aliphatic heterocycles. The molecule has 96 valence electrons. The maximum absolute atomic E-state index is 11.7. The zero-order chi connectivity index (χ0) is 13.1. The molecule has 3 N–H and O–H groups in total. The van der Waals surface area contributed by atoms with Crippen LogP contribution in [0.25, 0.3) is 5.65 Å². The average Bonchev–Trinajstić information content (AvgIpc) is 2.81. The first-order valence-corrected chi connectivity index (χ1v) is 5.99. The summed E-state index contributed by atoms with van der Waals surface area (Å²) in [6, 6.07) is 4.94. The van der Waals surface area contributed by atoms with Crippen molar-refractivity contribution < 1.29 is 4.79 Å². The predicted octanol–water partition coefficient (Wildman–Crippen LogP) is 0.644. The first kappa shape index (κ1) is 12.5. The number of hydrogen-bond donors (Lipinski definition) is 2. The number of carbonyl (C=O) groups excluding carboxylic acids is 1. The Morgan fingerprint density at radius 3 is 3.00 bits per heavy atom. The van der Waals surface area contributed by atoms with Gasteiger partial charge in [0.2, 0.25) is 5.91 Å². The number of rotatable bonds is 4. The number of hydrogen-bond acceptors (Lipinski definition) is 4. The van der Waals surface area contributed by atoms with Crippen LogP contribution in [0.15, 0.2) is 24.4 Å². The molecule has 2 aromatic rings. The van der Waals surface area contributed by atoms with Gasteiger partial charge in [0, 0.05) is 6.20 Å². The van der Waals surface area contributed by atoms with E-state index in [1.165, 1.54) is 0 Å². The van der Waals surface area contributed by atoms with Crippen LogP contribution in [0.1, 0.15) is 32.1 Å². The zero-order valence-corrected chi connectivity index (χ0v) is 10.5. The molecule has 0 aliphatic carbocycles. The highest BCUT2D eigenvalue weighted by atomic mass is 16.2. The van der Waals surface area contributed by atoms with Crippen LogP contribution in [0.2, 0.25) is 0 Å². The maximum atomic E-state index is 11.7. The van der Waals surface area contributed by atoms with Crippen molar-refractivity contribution in [3.8, 4) is 0 Å². The van der Waals surface area contributed by atoms with Gasteiger partial charge in [0.1, 0.15) is 0 Å². The van der Waals surface area contributed by atoms with Crippen molar-refractivity contribution in [2.24, 2.45) is 5.73 Å². The summed E-state index contributed by atoms with van der Waals surface area (Å²) in [5.74, 6) is 0.528. The Morgan fingerprint density at radius 1 is 1.50 bits per heavy atom. The summed E-state index contributed by atoms with van der Waals surface area (Å²) in [5.41, 5.74) is 6.43. The Kier molecular flexibility index (Phi) is 3.57. The Morgan fingerprint density at radius 2 is 2.28 bits per heavy atom. The molecule has 2 unspecified atom stereocenters. The minimum Gasteiger partial charge on any atom is -0.345 e. The van der Waals surface area contributed by atoms with Crippen LogP contribution in [0.5, 0.6) is 0 Å². The van der Waals surface area contributed by atoms with E-state index >= 15 is 0 Å². The fraction of sp³-hybridized carbons (Fsp3) is 0.417. The van der Waals surface area contributed by atoms with E-state index in [4.69, 9.17) is 5.73 Å². The molecule has 1 amide bonds. The lowest BCUT2D eigenvalue weighted by atomic mass is 10.2. The molecule has 2 rings (SSSR count). The third-order valence-electron chi connectivity index (χ3n) is 2.86. The SMILES string of the molecule is CCC(N)C(=O)NC(C)c1nnc2ccccn12. The first-order chi connectivity index (χ1) is 8.63. The van der Waals surface area contributed by atoms with Gasteiger partial charge >= 0.3 is 0 Å². The van der Waals surface area contributed by atoms with Crippen LogP contribution in [0, 0.1) is 0 Å². The van der Waals surface area contributed by atoms with Crippen LogP contribution in [-0.4, -0.2) is 26.5 Å². The van der Waals surface area contributed by atoms with Crippen molar-refractivity contribution in [1.29, 1.82) is 0 Å². The second-order valence-corrected chi connectivity index (χ2v) is 4.23. The molecule has 0 aromatic carbocycles. The summed E-state index contributed by atoms with van der Waals surface area (Å²) in [6.45, 7) is 3.74. The molecular weight excluding hydrogens is 230 g/mol. The Bertz CT molecular complexity index is 550. The van der Waals surface area contributed by atoms with E-state index in [0.29, 0.717) is 12.2 Å². The Hall–Kier alpha value is -1.95. The van der Waals surface area contributed by atoms with Gasteiger partial charge in [-0.15, -0.1) is 10.2 Å². The van der Waals surface area contributed by atoms with Gasteiger partial charge in [-0.3, -0.25) is 9.20 Å². The lowest BCUT2D eigenvalue weighted by Crippen LogP contribution is -2.41. The van der Waals surface area contributed by atoms with Gasteiger partial charge in [-0.1, -0.05) is 13.0 Å². The summed E-state index contributed by atoms with van der Waals surface area (Å²) in [4.78, 5) is 11.7. The van der Waals surface area contributed by atoms with Gasteiger partial charge in [-0.2, -0.15) is 0 Å². The second kappa shape index (κ2) is 5.14. The minimum atomic E-state index is -0.480. The van der Waals surface area contributed by atoms with Crippen molar-refractivity contribution in [2.75, 3.05) is 0 Å². The molecule has 0 saturated carbocycles. The number of nitrogens with zero attached hydrogens (tertiary/aromatic N) is 3. The van der Waals surface area contributed by atoms with Crippen molar-refractivity contribution in [2.45, 2.75) is 32.4 Å². The summed E-state index contributed by atoms with van der Waals surface area (Å²) >= 11 is 0. The van der Waals surface area contributed by atoms with Crippen molar-refractivity contribution in [3.63, 3.8) is 0 Å². The highest BCUT2D eigenvalue weighted by Gasteiger charge is 2.18. The molecule has 0 saturated heterocycles. The second-order valence-electron chi connectivity index (χ2n) is 4.23. The number of carbonyl (C=O) groups is 1. The molecule has 2 atom stereocenters. The molecule has 2 aromatic heterocycles. The van der Waals surface area contributed by atoms with Gasteiger partial charge in [-0.25, -0.2) is 0 Å². The Balaban J connectivity index is 2.19. The Labute approximate surface area is 105 Å². The van der Waals surface area contributed by atoms with E-state index in [0.717, 1.165) is 5.65 Å². The number of nitrogens with two attached hydrogens (primary N) is 1. The van der Waals surface area contributed by atoms with Gasteiger partial charge < -0.3 is 11.1 Å². The minimum absolute atomic E-state index is 0.169. The van der Waals surface area contributed by atoms with Gasteiger partial charge in [0.05, 0.1) is 12.1 Å². The number of nitrogens with one attached hydrogen (secondary N) is 1. The lowest BCUT2D eigenvalue weighted by molar-refractivity contribution is -0.123. The topological polar surface area (TPSA) is 85.3 Å². The van der Waals surface area contributed by atoms with Gasteiger partial charge in [-0.05, 0) is 25.5 Å². The molecule has 2 heterocycles. The first-order valence-electron chi connectivity index (χ1n) is 5.99. The smallest absolute Gasteiger partial charge is 0.237 e. The molecule has 0 bridgehead atoms. The third kappa shape index (κ3) is 2.33. The summed E-state index contributed by atoms with van der Waals surface area (Å²) in [7, 11) is 0. The van der Waals surface area contributed by atoms with E-state index in [2.05, 4.69) is 15.5 Å². The van der Waals surface area contributed by atoms with Crippen LogP contribution in [0.4, 0.5) is 0 Å². The summed E-state index contributed by atoms with van der Waals surface area (Å²) in [6.07, 6.45) is 2.48. The van der Waals surface area contributed by atoms with E-state index in [1.54, 1.807) is 0 Å². The van der Waals surface area contributed by atoms with Gasteiger partial charge in [0.25, 0.3) is 0 Å². The third-order valence-corrected chi connectivity index (χ3v) is 2.86. The molecule has 6 heteroatoms. The fourth-order valence-corrected chi connectivity index (χ4v) is 1.73. The van der Waals surface area contributed by atoms with Crippen LogP contribution in [-0.2, 0) is 4.79 Å². The number of fused-ring (bicyclic) bond motifs is 1. The highest BCUT2D eigenvalue weighted by Crippen LogP contribution is 2.11. The quantitative estimate of drug-likeness (QED) is 0.830. The molecule has 0 radical (unpaired) electrons. The van der Waals surface area contributed by atoms with Crippen LogP contribution < -0.4 is 11.1 Å². The van der Waals surface area contributed by atoms with Crippen LogP contribution in [0.3, 0.4) is 0 Å². The summed E-state index contributed by atoms with van der Waals surface area (Å²) < 4.78 is 1.85. The fourth-order valence-electron chi connectivity index (χ4n) is 1.73. The summed E-state index contributed by atoms with van der Waals surface area (Å²) in [5, 5.41) is 11.0. The average molecular weight is 247 g/mol. The molecule has 0 spiro atoms. The maximum Gasteiger partial charge on any atom is 0.237 e. The number of amides is 1. The molecular formula is C12H17N5O. The standard InChI is InChI=1S/C12H17N5O/c1-3-9(13)12(18)14-8(2)11-16-15-10-6-4-5-7-17(10)11/h4-9H,3,13H2,1-2H3,(H,14,18). The largest absolute Gasteiger partial charge is 0.345 e. The number of aromatic nitrogens is 3. The van der Waals surface area contributed by atoms with Crippen molar-refractivity contribution in [3.05, 3.63) is 30.2 Å². The van der Waals surface area contributed by atoms with E-state index < -0.39 is 6.04 Å². The van der Waals surface area contributed by atoms with E-state index in [1.807, 2.05) is 42.6 Å². The van der Waals surface area contributed by atoms with E-state index in [9.17, 15) is 4.79 Å². The zero-order valence-electron chi connectivity index (χ0n) is 10.5. The molecule has 0 fully saturated rings. The number of pyridine rings is 1. The lowest BCUT2D eigenvalue weighted by Gasteiger charge is -2.15.